The molecule has 0 saturated carbocycles. The summed E-state index contributed by atoms with van der Waals surface area (Å²) in [7, 11) is 0. The molecule has 0 bridgehead atoms. The molecule has 16 heavy (non-hydrogen) atoms. The number of nitrogens with two attached hydrogens (primary N) is 1. The van der Waals surface area contributed by atoms with Crippen molar-refractivity contribution >= 4 is 5.91 Å². The lowest BCUT2D eigenvalue weighted by molar-refractivity contribution is 0.0604. The van der Waals surface area contributed by atoms with E-state index in [0.29, 0.717) is 18.2 Å². The Bertz CT molecular complexity index is 333. The van der Waals surface area contributed by atoms with Crippen LogP contribution in [-0.2, 0) is 0 Å². The van der Waals surface area contributed by atoms with Gasteiger partial charge in [0.2, 0.25) is 0 Å². The third kappa shape index (κ3) is 2.27. The van der Waals surface area contributed by atoms with Crippen molar-refractivity contribution in [3.05, 3.63) is 24.2 Å². The normalized spacial score (nSPS) is 21.1. The van der Waals surface area contributed by atoms with E-state index < -0.39 is 0 Å². The fraction of sp³-hybridized carbons (Fsp3) is 0.583. The summed E-state index contributed by atoms with van der Waals surface area (Å²) in [5, 5.41) is 0. The van der Waals surface area contributed by atoms with Crippen molar-refractivity contribution < 1.29 is 9.21 Å². The molecule has 1 atom stereocenters. The topological polar surface area (TPSA) is 59.5 Å². The van der Waals surface area contributed by atoms with E-state index in [1.165, 1.54) is 18.9 Å². The summed E-state index contributed by atoms with van der Waals surface area (Å²) >= 11 is 0. The van der Waals surface area contributed by atoms with Crippen LogP contribution < -0.4 is 5.73 Å². The number of piperidine rings is 1. The smallest absolute Gasteiger partial charge is 0.257 e. The Hall–Kier alpha value is -1.29. The van der Waals surface area contributed by atoms with Gasteiger partial charge in [-0.05, 0) is 38.3 Å². The van der Waals surface area contributed by atoms with Crippen LogP contribution in [-0.4, -0.2) is 29.9 Å². The number of hydrogen-bond donors (Lipinski definition) is 1. The quantitative estimate of drug-likeness (QED) is 0.845. The van der Waals surface area contributed by atoms with E-state index in [4.69, 9.17) is 10.2 Å². The standard InChI is InChI=1S/C12H18N2O2/c13-6-4-11-3-1-2-7-14(11)12(15)10-5-8-16-9-10/h5,8-9,11H,1-4,6-7,13H2. The highest BCUT2D eigenvalue weighted by Crippen LogP contribution is 2.21. The van der Waals surface area contributed by atoms with Crippen LogP contribution in [0.5, 0.6) is 0 Å². The number of hydrogen-bond acceptors (Lipinski definition) is 3. The highest BCUT2D eigenvalue weighted by molar-refractivity contribution is 5.94. The number of nitrogens with zero attached hydrogens (tertiary/aromatic N) is 1. The molecule has 1 unspecified atom stereocenters. The first-order valence-corrected chi connectivity index (χ1v) is 5.86. The van der Waals surface area contributed by atoms with Gasteiger partial charge in [-0.15, -0.1) is 0 Å². The van der Waals surface area contributed by atoms with Crippen LogP contribution in [0.15, 0.2) is 23.0 Å². The number of furan rings is 1. The minimum absolute atomic E-state index is 0.0758. The van der Waals surface area contributed by atoms with E-state index in [2.05, 4.69) is 0 Å². The average molecular weight is 222 g/mol. The van der Waals surface area contributed by atoms with Crippen molar-refractivity contribution in [3.63, 3.8) is 0 Å². The van der Waals surface area contributed by atoms with Gasteiger partial charge in [-0.2, -0.15) is 0 Å². The Balaban J connectivity index is 2.08. The largest absolute Gasteiger partial charge is 0.472 e. The van der Waals surface area contributed by atoms with Crippen LogP contribution in [0.3, 0.4) is 0 Å². The number of carbonyl (C=O) groups excluding carboxylic acids is 1. The van der Waals surface area contributed by atoms with Crippen molar-refractivity contribution in [1.82, 2.24) is 4.90 Å². The fourth-order valence-electron chi connectivity index (χ4n) is 2.31. The second kappa shape index (κ2) is 5.16. The fourth-order valence-corrected chi connectivity index (χ4v) is 2.31. The third-order valence-electron chi connectivity index (χ3n) is 3.16. The van der Waals surface area contributed by atoms with Gasteiger partial charge < -0.3 is 15.1 Å². The summed E-state index contributed by atoms with van der Waals surface area (Å²) in [6.45, 7) is 1.48. The van der Waals surface area contributed by atoms with E-state index >= 15 is 0 Å². The second-order valence-corrected chi connectivity index (χ2v) is 4.24. The maximum Gasteiger partial charge on any atom is 0.257 e. The Morgan fingerprint density at radius 3 is 3.12 bits per heavy atom. The molecule has 1 aromatic rings. The number of amides is 1. The highest BCUT2D eigenvalue weighted by Gasteiger charge is 2.27. The van der Waals surface area contributed by atoms with Gasteiger partial charge in [0.1, 0.15) is 6.26 Å². The molecule has 2 N–H and O–H groups in total. The zero-order chi connectivity index (χ0) is 11.4. The van der Waals surface area contributed by atoms with Gasteiger partial charge in [-0.1, -0.05) is 0 Å². The highest BCUT2D eigenvalue weighted by atomic mass is 16.3. The van der Waals surface area contributed by atoms with Crippen LogP contribution >= 0.6 is 0 Å². The van der Waals surface area contributed by atoms with Gasteiger partial charge in [-0.25, -0.2) is 0 Å². The van der Waals surface area contributed by atoms with Gasteiger partial charge in [0.05, 0.1) is 11.8 Å². The minimum Gasteiger partial charge on any atom is -0.472 e. The lowest BCUT2D eigenvalue weighted by atomic mass is 9.98. The molecule has 2 heterocycles. The monoisotopic (exact) mass is 222 g/mol. The van der Waals surface area contributed by atoms with Crippen LogP contribution in [0.1, 0.15) is 36.0 Å². The Labute approximate surface area is 95.4 Å². The minimum atomic E-state index is 0.0758. The number of rotatable bonds is 3. The first-order chi connectivity index (χ1) is 7.83. The van der Waals surface area contributed by atoms with Crippen molar-refractivity contribution in [3.8, 4) is 0 Å². The second-order valence-electron chi connectivity index (χ2n) is 4.24. The van der Waals surface area contributed by atoms with Crippen molar-refractivity contribution in [2.45, 2.75) is 31.7 Å². The summed E-state index contributed by atoms with van der Waals surface area (Å²) < 4.78 is 4.95. The molecule has 1 aliphatic heterocycles. The maximum absolute atomic E-state index is 12.2. The van der Waals surface area contributed by atoms with E-state index in [-0.39, 0.29) is 5.91 Å². The van der Waals surface area contributed by atoms with Gasteiger partial charge >= 0.3 is 0 Å². The maximum atomic E-state index is 12.2. The van der Waals surface area contributed by atoms with Gasteiger partial charge in [-0.3, -0.25) is 4.79 Å². The van der Waals surface area contributed by atoms with E-state index in [1.807, 2.05) is 4.90 Å². The lowest BCUT2D eigenvalue weighted by Gasteiger charge is -2.35. The summed E-state index contributed by atoms with van der Waals surface area (Å²) in [5.74, 6) is 0.0758. The molecular weight excluding hydrogens is 204 g/mol. The van der Waals surface area contributed by atoms with Crippen LogP contribution in [0.25, 0.3) is 0 Å². The summed E-state index contributed by atoms with van der Waals surface area (Å²) in [6, 6.07) is 2.03. The summed E-state index contributed by atoms with van der Waals surface area (Å²) in [4.78, 5) is 14.1. The molecule has 88 valence electrons. The predicted octanol–water partition coefficient (Wildman–Crippen LogP) is 1.62. The van der Waals surface area contributed by atoms with E-state index in [9.17, 15) is 4.79 Å². The third-order valence-corrected chi connectivity index (χ3v) is 3.16. The number of carbonyl (C=O) groups is 1. The van der Waals surface area contributed by atoms with E-state index in [1.54, 1.807) is 6.07 Å². The molecular formula is C12H18N2O2. The average Bonchev–Trinajstić information content (AvgIpc) is 2.83. The van der Waals surface area contributed by atoms with Crippen molar-refractivity contribution in [2.75, 3.05) is 13.1 Å². The molecule has 1 fully saturated rings. The summed E-state index contributed by atoms with van der Waals surface area (Å²) in [6.07, 6.45) is 7.29. The van der Waals surface area contributed by atoms with Crippen molar-refractivity contribution in [1.29, 1.82) is 0 Å². The molecule has 4 nitrogen and oxygen atoms in total. The molecule has 0 spiro atoms. The first kappa shape index (κ1) is 11.2. The first-order valence-electron chi connectivity index (χ1n) is 5.86. The van der Waals surface area contributed by atoms with E-state index in [0.717, 1.165) is 25.8 Å². The van der Waals surface area contributed by atoms with Gasteiger partial charge in [0.15, 0.2) is 0 Å². The molecule has 1 aliphatic rings. The molecule has 0 aliphatic carbocycles. The Morgan fingerprint density at radius 2 is 2.44 bits per heavy atom. The molecule has 1 amide bonds. The van der Waals surface area contributed by atoms with Crippen LogP contribution in [0.4, 0.5) is 0 Å². The van der Waals surface area contributed by atoms with Crippen LogP contribution in [0, 0.1) is 0 Å². The molecule has 0 radical (unpaired) electrons. The van der Waals surface area contributed by atoms with Gasteiger partial charge in [0, 0.05) is 12.6 Å². The lowest BCUT2D eigenvalue weighted by Crippen LogP contribution is -2.44. The Morgan fingerprint density at radius 1 is 1.56 bits per heavy atom. The van der Waals surface area contributed by atoms with Gasteiger partial charge in [0.25, 0.3) is 5.91 Å². The molecule has 2 rings (SSSR count). The predicted molar refractivity (Wildman–Crippen MR) is 61.1 cm³/mol. The molecule has 4 heteroatoms. The summed E-state index contributed by atoms with van der Waals surface area (Å²) in [5.41, 5.74) is 6.23. The zero-order valence-electron chi connectivity index (χ0n) is 9.39. The van der Waals surface area contributed by atoms with Crippen molar-refractivity contribution in [2.24, 2.45) is 5.73 Å². The number of likely N-dealkylation sites (tertiary alicyclic amines) is 1. The Kier molecular flexibility index (Phi) is 3.62. The molecule has 1 aromatic heterocycles. The zero-order valence-corrected chi connectivity index (χ0v) is 9.39. The van der Waals surface area contributed by atoms with Crippen LogP contribution in [0.2, 0.25) is 0 Å². The SMILES string of the molecule is NCCC1CCCCN1C(=O)c1ccoc1. The molecule has 0 aromatic carbocycles. The molecule has 1 saturated heterocycles.